The molecule has 0 spiro atoms. The fourth-order valence-electron chi connectivity index (χ4n) is 1.81. The maximum Gasteiger partial charge on any atom is 0.348 e. The second kappa shape index (κ2) is 4.93. The lowest BCUT2D eigenvalue weighted by atomic mass is 10.2. The molecule has 0 aliphatic carbocycles. The van der Waals surface area contributed by atoms with Crippen LogP contribution in [0.25, 0.3) is 10.1 Å². The minimum Gasteiger partial charge on any atom is -0.453 e. The highest BCUT2D eigenvalue weighted by Gasteiger charge is 2.13. The van der Waals surface area contributed by atoms with E-state index in [9.17, 15) is 4.79 Å². The fraction of sp³-hybridized carbons (Fsp3) is 0.154. The number of nitrogen functional groups attached to an aromatic ring is 1. The van der Waals surface area contributed by atoms with Gasteiger partial charge < -0.3 is 10.5 Å². The summed E-state index contributed by atoms with van der Waals surface area (Å²) < 4.78 is 7.80. The summed E-state index contributed by atoms with van der Waals surface area (Å²) in [6.07, 6.45) is 1.42. The number of nitrogens with zero attached hydrogens (tertiary/aromatic N) is 3. The van der Waals surface area contributed by atoms with Crippen LogP contribution in [0.5, 0.6) is 0 Å². The molecule has 3 aromatic rings. The first kappa shape index (κ1) is 12.6. The molecule has 7 heteroatoms. The van der Waals surface area contributed by atoms with E-state index in [1.165, 1.54) is 17.7 Å². The van der Waals surface area contributed by atoms with Crippen LogP contribution in [0, 0.1) is 0 Å². The van der Waals surface area contributed by atoms with Crippen molar-refractivity contribution >= 4 is 33.1 Å². The van der Waals surface area contributed by atoms with Crippen molar-refractivity contribution in [1.82, 2.24) is 14.8 Å². The lowest BCUT2D eigenvalue weighted by molar-refractivity contribution is 0.0464. The Kier molecular flexibility index (Phi) is 3.11. The average Bonchev–Trinajstić information content (AvgIpc) is 3.01. The van der Waals surface area contributed by atoms with E-state index in [-0.39, 0.29) is 12.6 Å². The molecule has 0 bridgehead atoms. The molecule has 6 nitrogen and oxygen atoms in total. The molecule has 2 heterocycles. The van der Waals surface area contributed by atoms with Crippen molar-refractivity contribution in [3.63, 3.8) is 0 Å². The van der Waals surface area contributed by atoms with E-state index in [4.69, 9.17) is 10.5 Å². The van der Waals surface area contributed by atoms with Gasteiger partial charge in [-0.25, -0.2) is 9.78 Å². The third-order valence-electron chi connectivity index (χ3n) is 2.88. The largest absolute Gasteiger partial charge is 0.453 e. The number of esters is 1. The van der Waals surface area contributed by atoms with Gasteiger partial charge in [-0.3, -0.25) is 4.68 Å². The van der Waals surface area contributed by atoms with E-state index in [0.717, 1.165) is 10.1 Å². The minimum atomic E-state index is -0.368. The van der Waals surface area contributed by atoms with E-state index < -0.39 is 0 Å². The van der Waals surface area contributed by atoms with Gasteiger partial charge in [0.2, 0.25) is 0 Å². The lowest BCUT2D eigenvalue weighted by Crippen LogP contribution is -2.07. The minimum absolute atomic E-state index is 0.103. The molecule has 0 saturated carbocycles. The molecule has 20 heavy (non-hydrogen) atoms. The number of hydrogen-bond donors (Lipinski definition) is 1. The van der Waals surface area contributed by atoms with Gasteiger partial charge in [-0.15, -0.1) is 11.3 Å². The van der Waals surface area contributed by atoms with Crippen LogP contribution in [-0.2, 0) is 18.4 Å². The number of rotatable bonds is 3. The van der Waals surface area contributed by atoms with Crippen LogP contribution in [0.2, 0.25) is 0 Å². The summed E-state index contributed by atoms with van der Waals surface area (Å²) in [7, 11) is 1.75. The molecule has 102 valence electrons. The van der Waals surface area contributed by atoms with E-state index >= 15 is 0 Å². The van der Waals surface area contributed by atoms with Gasteiger partial charge in [0.1, 0.15) is 11.2 Å². The van der Waals surface area contributed by atoms with Crippen molar-refractivity contribution in [2.24, 2.45) is 7.05 Å². The summed E-state index contributed by atoms with van der Waals surface area (Å²) in [6, 6.07) is 7.34. The van der Waals surface area contributed by atoms with Crippen LogP contribution in [0.3, 0.4) is 0 Å². The number of benzene rings is 1. The van der Waals surface area contributed by atoms with Crippen molar-refractivity contribution in [2.75, 3.05) is 5.73 Å². The van der Waals surface area contributed by atoms with Crippen molar-refractivity contribution in [2.45, 2.75) is 6.61 Å². The SMILES string of the molecule is Cn1ncnc1COC(=O)c1cc2cc(N)ccc2s1. The van der Waals surface area contributed by atoms with Crippen LogP contribution >= 0.6 is 11.3 Å². The van der Waals surface area contributed by atoms with Gasteiger partial charge in [0.25, 0.3) is 0 Å². The summed E-state index contributed by atoms with van der Waals surface area (Å²) in [4.78, 5) is 16.6. The summed E-state index contributed by atoms with van der Waals surface area (Å²) in [5, 5.41) is 4.86. The molecule has 0 unspecified atom stereocenters. The van der Waals surface area contributed by atoms with Crippen molar-refractivity contribution in [3.8, 4) is 0 Å². The molecule has 0 fully saturated rings. The topological polar surface area (TPSA) is 83.0 Å². The third-order valence-corrected chi connectivity index (χ3v) is 3.98. The van der Waals surface area contributed by atoms with Gasteiger partial charge in [-0.2, -0.15) is 5.10 Å². The smallest absolute Gasteiger partial charge is 0.348 e. The number of hydrogen-bond acceptors (Lipinski definition) is 6. The van der Waals surface area contributed by atoms with E-state index in [1.54, 1.807) is 17.8 Å². The van der Waals surface area contributed by atoms with Crippen LogP contribution < -0.4 is 5.73 Å². The van der Waals surface area contributed by atoms with E-state index in [0.29, 0.717) is 16.4 Å². The van der Waals surface area contributed by atoms with Crippen molar-refractivity contribution in [1.29, 1.82) is 0 Å². The first-order chi connectivity index (χ1) is 9.63. The Morgan fingerprint density at radius 3 is 3.05 bits per heavy atom. The molecule has 2 aromatic heterocycles. The van der Waals surface area contributed by atoms with E-state index in [1.807, 2.05) is 18.2 Å². The van der Waals surface area contributed by atoms with Gasteiger partial charge in [0.15, 0.2) is 12.4 Å². The second-order valence-electron chi connectivity index (χ2n) is 4.28. The quantitative estimate of drug-likeness (QED) is 0.588. The number of carbonyl (C=O) groups excluding carboxylic acids is 1. The van der Waals surface area contributed by atoms with Crippen LogP contribution in [0.4, 0.5) is 5.69 Å². The Balaban J connectivity index is 1.77. The summed E-state index contributed by atoms with van der Waals surface area (Å²) >= 11 is 1.38. The summed E-state index contributed by atoms with van der Waals surface area (Å²) in [6.45, 7) is 0.103. The zero-order valence-corrected chi connectivity index (χ0v) is 11.6. The van der Waals surface area contributed by atoms with Crippen LogP contribution in [0.15, 0.2) is 30.6 Å². The molecule has 0 radical (unpaired) electrons. The fourth-order valence-corrected chi connectivity index (χ4v) is 2.75. The van der Waals surface area contributed by atoms with Crippen molar-refractivity contribution in [3.05, 3.63) is 41.3 Å². The molecular weight excluding hydrogens is 276 g/mol. The number of fused-ring (bicyclic) bond motifs is 1. The van der Waals surface area contributed by atoms with Crippen molar-refractivity contribution < 1.29 is 9.53 Å². The molecule has 0 aliphatic heterocycles. The molecule has 0 saturated heterocycles. The highest BCUT2D eigenvalue weighted by atomic mass is 32.1. The predicted molar refractivity (Wildman–Crippen MR) is 76.4 cm³/mol. The number of aromatic nitrogens is 3. The van der Waals surface area contributed by atoms with Gasteiger partial charge in [-0.05, 0) is 29.7 Å². The Hall–Kier alpha value is -2.41. The van der Waals surface area contributed by atoms with Crippen LogP contribution in [-0.4, -0.2) is 20.7 Å². The average molecular weight is 288 g/mol. The summed E-state index contributed by atoms with van der Waals surface area (Å²) in [5.74, 6) is 0.233. The maximum absolute atomic E-state index is 12.0. The molecule has 0 amide bonds. The van der Waals surface area contributed by atoms with Crippen LogP contribution in [0.1, 0.15) is 15.5 Å². The number of thiophene rings is 1. The number of anilines is 1. The summed E-state index contributed by atoms with van der Waals surface area (Å²) in [5.41, 5.74) is 6.39. The zero-order valence-electron chi connectivity index (χ0n) is 10.7. The molecule has 2 N–H and O–H groups in total. The first-order valence-electron chi connectivity index (χ1n) is 5.92. The maximum atomic E-state index is 12.0. The van der Waals surface area contributed by atoms with Gasteiger partial charge >= 0.3 is 5.97 Å². The van der Waals surface area contributed by atoms with E-state index in [2.05, 4.69) is 10.1 Å². The third kappa shape index (κ3) is 2.35. The Morgan fingerprint density at radius 2 is 2.30 bits per heavy atom. The lowest BCUT2D eigenvalue weighted by Gasteiger charge is -2.01. The normalized spacial score (nSPS) is 10.8. The molecule has 3 rings (SSSR count). The highest BCUT2D eigenvalue weighted by molar-refractivity contribution is 7.20. The standard InChI is InChI=1S/C13H12N4O2S/c1-17-12(15-7-16-17)6-19-13(18)11-5-8-4-9(14)2-3-10(8)20-11/h2-5,7H,6,14H2,1H3. The Morgan fingerprint density at radius 1 is 1.45 bits per heavy atom. The number of ether oxygens (including phenoxy) is 1. The molecule has 1 aromatic carbocycles. The monoisotopic (exact) mass is 288 g/mol. The van der Waals surface area contributed by atoms with Gasteiger partial charge in [0.05, 0.1) is 0 Å². The van der Waals surface area contributed by atoms with Gasteiger partial charge in [0, 0.05) is 17.4 Å². The highest BCUT2D eigenvalue weighted by Crippen LogP contribution is 2.27. The second-order valence-corrected chi connectivity index (χ2v) is 5.37. The Bertz CT molecular complexity index is 778. The molecular formula is C13H12N4O2S. The number of nitrogens with two attached hydrogens (primary N) is 1. The predicted octanol–water partition coefficient (Wildman–Crippen LogP) is 1.97. The number of aryl methyl sites for hydroxylation is 1. The zero-order chi connectivity index (χ0) is 14.1. The van der Waals surface area contributed by atoms with Gasteiger partial charge in [-0.1, -0.05) is 0 Å². The first-order valence-corrected chi connectivity index (χ1v) is 6.74. The molecule has 0 aliphatic rings. The Labute approximate surface area is 118 Å². The number of carbonyl (C=O) groups is 1. The molecule has 0 atom stereocenters.